The van der Waals surface area contributed by atoms with Gasteiger partial charge in [0, 0.05) is 31.0 Å². The van der Waals surface area contributed by atoms with Crippen LogP contribution in [0, 0.1) is 20.8 Å². The summed E-state index contributed by atoms with van der Waals surface area (Å²) in [5.41, 5.74) is 1.62. The molecule has 18 heteroatoms. The molecule has 2 N–H and O–H groups in total. The quantitative estimate of drug-likeness (QED) is 0.0679. The highest BCUT2D eigenvalue weighted by Gasteiger charge is 2.23. The molecule has 0 aliphatic rings. The van der Waals surface area contributed by atoms with Crippen LogP contribution in [-0.4, -0.2) is 84.5 Å². The third kappa shape index (κ3) is 12.6. The molecule has 0 spiro atoms. The Morgan fingerprint density at radius 1 is 1.17 bits per heavy atom. The van der Waals surface area contributed by atoms with Gasteiger partial charge in [0.15, 0.2) is 5.34 Å². The van der Waals surface area contributed by atoms with E-state index in [1.165, 1.54) is 43.5 Å². The number of hydrogen-bond acceptors (Lipinski definition) is 14. The maximum atomic E-state index is 13.7. The molecule has 1 aromatic heterocycles. The standard InChI is InChI=1S/C28H38FN5O11S/c1-18(2)26-24(27(19-7-9-20(29)10-8-19)31-28(30-26)33(3)46(4,41)42)12-11-21(35)16-22(36)17-25(37)43-15-13-23(45-34(39)40)6-5-14-44-32-38/h7-12,18,21-23,35-36H,5-6,13-17H2,1-4H3/b12-11+/t21?,22-,23?/m1/s1. The van der Waals surface area contributed by atoms with E-state index in [2.05, 4.69) is 25.0 Å². The summed E-state index contributed by atoms with van der Waals surface area (Å²) in [5.74, 6) is -1.63. The van der Waals surface area contributed by atoms with Crippen molar-refractivity contribution < 1.29 is 47.3 Å². The summed E-state index contributed by atoms with van der Waals surface area (Å²) in [6.45, 7) is 3.36. The van der Waals surface area contributed by atoms with E-state index in [4.69, 9.17) is 4.74 Å². The van der Waals surface area contributed by atoms with E-state index in [1.54, 1.807) is 0 Å². The molecule has 2 rings (SSSR count). The molecule has 1 aromatic carbocycles. The van der Waals surface area contributed by atoms with E-state index in [-0.39, 0.29) is 56.5 Å². The fourth-order valence-electron chi connectivity index (χ4n) is 4.18. The molecule has 3 atom stereocenters. The lowest BCUT2D eigenvalue weighted by atomic mass is 9.97. The van der Waals surface area contributed by atoms with Gasteiger partial charge in [0.2, 0.25) is 16.0 Å². The Balaban J connectivity index is 2.14. The largest absolute Gasteiger partial charge is 0.466 e. The van der Waals surface area contributed by atoms with E-state index in [0.717, 1.165) is 10.6 Å². The van der Waals surface area contributed by atoms with Gasteiger partial charge in [-0.05, 0) is 43.0 Å². The first-order valence-electron chi connectivity index (χ1n) is 14.2. The molecule has 0 fully saturated rings. The molecule has 0 radical (unpaired) electrons. The van der Waals surface area contributed by atoms with Crippen molar-refractivity contribution in [2.24, 2.45) is 5.34 Å². The molecular formula is C28H38FN5O11S. The maximum Gasteiger partial charge on any atom is 0.308 e. The van der Waals surface area contributed by atoms with Crippen molar-refractivity contribution in [3.05, 3.63) is 62.4 Å². The zero-order valence-electron chi connectivity index (χ0n) is 25.8. The summed E-state index contributed by atoms with van der Waals surface area (Å²) < 4.78 is 44.1. The van der Waals surface area contributed by atoms with Crippen LogP contribution in [0.1, 0.15) is 63.1 Å². The second-order valence-electron chi connectivity index (χ2n) is 10.6. The van der Waals surface area contributed by atoms with Crippen LogP contribution in [-0.2, 0) is 29.2 Å². The normalized spacial score (nSPS) is 13.7. The third-order valence-electron chi connectivity index (χ3n) is 6.56. The molecule has 0 saturated carbocycles. The van der Waals surface area contributed by atoms with Gasteiger partial charge in [0.25, 0.3) is 5.09 Å². The van der Waals surface area contributed by atoms with Crippen LogP contribution in [0.15, 0.2) is 35.7 Å². The lowest BCUT2D eigenvalue weighted by Gasteiger charge is -2.20. The molecule has 16 nitrogen and oxygen atoms in total. The summed E-state index contributed by atoms with van der Waals surface area (Å²) in [6, 6.07) is 5.39. The number of ether oxygens (including phenoxy) is 1. The minimum Gasteiger partial charge on any atom is -0.466 e. The van der Waals surface area contributed by atoms with Crippen molar-refractivity contribution >= 4 is 28.0 Å². The first kappa shape index (κ1) is 37.9. The number of aliphatic hydroxyl groups excluding tert-OH is 2. The predicted molar refractivity (Wildman–Crippen MR) is 163 cm³/mol. The van der Waals surface area contributed by atoms with Crippen molar-refractivity contribution in [1.82, 2.24) is 9.97 Å². The van der Waals surface area contributed by atoms with Crippen LogP contribution in [0.25, 0.3) is 17.3 Å². The zero-order chi connectivity index (χ0) is 34.4. The molecule has 254 valence electrons. The van der Waals surface area contributed by atoms with E-state index in [1.807, 2.05) is 13.8 Å². The Morgan fingerprint density at radius 3 is 2.43 bits per heavy atom. The van der Waals surface area contributed by atoms with Gasteiger partial charge in [0.05, 0.1) is 42.9 Å². The molecule has 46 heavy (non-hydrogen) atoms. The number of carbonyl (C=O) groups is 1. The van der Waals surface area contributed by atoms with E-state index in [9.17, 15) is 42.8 Å². The molecule has 2 aromatic rings. The van der Waals surface area contributed by atoms with Crippen molar-refractivity contribution in [3.63, 3.8) is 0 Å². The number of hydrogen-bond donors (Lipinski definition) is 2. The average molecular weight is 672 g/mol. The molecule has 0 saturated heterocycles. The van der Waals surface area contributed by atoms with Crippen LogP contribution >= 0.6 is 0 Å². The minimum absolute atomic E-state index is 0.0297. The van der Waals surface area contributed by atoms with E-state index in [0.29, 0.717) is 16.8 Å². The Hall–Kier alpha value is -4.29. The highest BCUT2D eigenvalue weighted by Crippen LogP contribution is 2.31. The van der Waals surface area contributed by atoms with E-state index >= 15 is 0 Å². The number of nitrogens with zero attached hydrogens (tertiary/aromatic N) is 5. The molecule has 0 aliphatic carbocycles. The lowest BCUT2D eigenvalue weighted by Crippen LogP contribution is -2.27. The summed E-state index contributed by atoms with van der Waals surface area (Å²) in [5, 5.41) is 32.9. The Labute approximate surface area is 265 Å². The van der Waals surface area contributed by atoms with Gasteiger partial charge >= 0.3 is 5.97 Å². The van der Waals surface area contributed by atoms with Crippen molar-refractivity contribution in [3.8, 4) is 11.3 Å². The number of sulfonamides is 1. The summed E-state index contributed by atoms with van der Waals surface area (Å²) >= 11 is 0. The van der Waals surface area contributed by atoms with Gasteiger partial charge in [-0.2, -0.15) is 0 Å². The third-order valence-corrected chi connectivity index (χ3v) is 7.72. The number of esters is 1. The van der Waals surface area contributed by atoms with Crippen molar-refractivity contribution in [2.75, 3.05) is 30.8 Å². The van der Waals surface area contributed by atoms with E-state index < -0.39 is 51.6 Å². The number of benzene rings is 1. The second kappa shape index (κ2) is 18.0. The highest BCUT2D eigenvalue weighted by molar-refractivity contribution is 7.92. The number of halogens is 1. The van der Waals surface area contributed by atoms with Crippen molar-refractivity contribution in [2.45, 2.75) is 70.2 Å². The van der Waals surface area contributed by atoms with Gasteiger partial charge in [-0.1, -0.05) is 26.0 Å². The van der Waals surface area contributed by atoms with Crippen LogP contribution in [0.5, 0.6) is 0 Å². The molecule has 1 heterocycles. The van der Waals surface area contributed by atoms with Gasteiger partial charge in [-0.15, -0.1) is 15.0 Å². The van der Waals surface area contributed by atoms with Crippen molar-refractivity contribution in [1.29, 1.82) is 0 Å². The SMILES string of the molecule is CC(C)c1nc(N(C)S(C)(=O)=O)nc(-c2ccc(F)cc2)c1/C=C/C(O)C[C@@H](O)CC(=O)OCCC(CCCON=O)O[N+](=O)[O-]. The number of anilines is 1. The van der Waals surface area contributed by atoms with Gasteiger partial charge in [-0.3, -0.25) is 4.79 Å². The predicted octanol–water partition coefficient (Wildman–Crippen LogP) is 3.31. The second-order valence-corrected chi connectivity index (χ2v) is 12.6. The Kier molecular flexibility index (Phi) is 14.8. The maximum absolute atomic E-state index is 13.7. The van der Waals surface area contributed by atoms with Crippen LogP contribution < -0.4 is 4.31 Å². The molecule has 0 bridgehead atoms. The molecule has 2 unspecified atom stereocenters. The van der Waals surface area contributed by atoms with Crippen LogP contribution in [0.3, 0.4) is 0 Å². The molecule has 0 amide bonds. The fraction of sp³-hybridized carbons (Fsp3) is 0.536. The smallest absolute Gasteiger partial charge is 0.308 e. The van der Waals surface area contributed by atoms with Gasteiger partial charge < -0.3 is 24.6 Å². The van der Waals surface area contributed by atoms with Gasteiger partial charge in [-0.25, -0.2) is 27.1 Å². The minimum atomic E-state index is -3.71. The Morgan fingerprint density at radius 2 is 1.85 bits per heavy atom. The summed E-state index contributed by atoms with van der Waals surface area (Å²) in [4.78, 5) is 50.6. The summed E-state index contributed by atoms with van der Waals surface area (Å²) in [7, 11) is -2.41. The fourth-order valence-corrected chi connectivity index (χ4v) is 4.56. The monoisotopic (exact) mass is 671 g/mol. The average Bonchev–Trinajstić information content (AvgIpc) is 2.96. The summed E-state index contributed by atoms with van der Waals surface area (Å²) in [6.07, 6.45) is 0.00324. The van der Waals surface area contributed by atoms with Crippen LogP contribution in [0.2, 0.25) is 0 Å². The Bertz CT molecular complexity index is 1460. The number of aliphatic hydroxyl groups is 2. The van der Waals surface area contributed by atoms with Crippen LogP contribution in [0.4, 0.5) is 10.3 Å². The number of rotatable bonds is 20. The van der Waals surface area contributed by atoms with Gasteiger partial charge in [0.1, 0.15) is 18.5 Å². The molecular weight excluding hydrogens is 633 g/mol. The number of aromatic nitrogens is 2. The number of carbonyl (C=O) groups excluding carboxylic acids is 1. The zero-order valence-corrected chi connectivity index (χ0v) is 26.6. The first-order valence-corrected chi connectivity index (χ1v) is 16.0. The lowest BCUT2D eigenvalue weighted by molar-refractivity contribution is -0.769. The molecule has 0 aliphatic heterocycles. The highest BCUT2D eigenvalue weighted by atomic mass is 32.2. The first-order chi connectivity index (χ1) is 21.6. The topological polar surface area (TPSA) is 221 Å².